The van der Waals surface area contributed by atoms with Crippen molar-refractivity contribution in [2.45, 2.75) is 46.1 Å². The normalized spacial score (nSPS) is 16.8. The number of guanidine groups is 1. The quantitative estimate of drug-likeness (QED) is 0.240. The number of morpholine rings is 1. The molecule has 150 valence electrons. The predicted molar refractivity (Wildman–Crippen MR) is 123 cm³/mol. The lowest BCUT2D eigenvalue weighted by molar-refractivity contribution is 0.0373. The van der Waals surface area contributed by atoms with E-state index in [0.717, 1.165) is 64.7 Å². The van der Waals surface area contributed by atoms with Crippen molar-refractivity contribution in [3.63, 3.8) is 0 Å². The standard InChI is InChI=1S/C19H34N4OS.HI/c1-4-20-19(22-16(2)15-18-8-7-17(3)25-18)21-9-5-6-10-23-11-13-24-14-12-23;/h7-8,16H,4-6,9-15H2,1-3H3,(H2,20,21,22);1H. The highest BCUT2D eigenvalue weighted by Gasteiger charge is 2.10. The summed E-state index contributed by atoms with van der Waals surface area (Å²) in [5.74, 6) is 0.939. The van der Waals surface area contributed by atoms with Gasteiger partial charge in [0.1, 0.15) is 0 Å². The first-order valence-electron chi connectivity index (χ1n) is 9.57. The molecule has 0 amide bonds. The van der Waals surface area contributed by atoms with Crippen LogP contribution in [-0.4, -0.2) is 62.8 Å². The van der Waals surface area contributed by atoms with E-state index in [1.165, 1.54) is 16.2 Å². The molecular weight excluding hydrogens is 459 g/mol. The van der Waals surface area contributed by atoms with Crippen molar-refractivity contribution >= 4 is 41.3 Å². The fraction of sp³-hybridized carbons (Fsp3) is 0.737. The second-order valence-electron chi connectivity index (χ2n) is 6.68. The SMILES string of the molecule is CCNC(=NCCCCN1CCOCC1)NC(C)Cc1ccc(C)s1.I. The van der Waals surface area contributed by atoms with Gasteiger partial charge < -0.3 is 15.4 Å². The molecule has 1 aromatic heterocycles. The molecule has 0 saturated carbocycles. The van der Waals surface area contributed by atoms with Gasteiger partial charge in [-0.05, 0) is 52.3 Å². The van der Waals surface area contributed by atoms with Crippen LogP contribution < -0.4 is 10.6 Å². The Morgan fingerprint density at radius 1 is 1.31 bits per heavy atom. The Hall–Kier alpha value is -0.380. The molecule has 1 atom stereocenters. The van der Waals surface area contributed by atoms with Crippen LogP contribution in [0.2, 0.25) is 0 Å². The van der Waals surface area contributed by atoms with Crippen LogP contribution in [0.4, 0.5) is 0 Å². The topological polar surface area (TPSA) is 48.9 Å². The zero-order chi connectivity index (χ0) is 17.9. The number of nitrogens with one attached hydrogen (secondary N) is 2. The van der Waals surface area contributed by atoms with Crippen LogP contribution in [-0.2, 0) is 11.2 Å². The van der Waals surface area contributed by atoms with E-state index in [9.17, 15) is 0 Å². The number of nitrogens with zero attached hydrogens (tertiary/aromatic N) is 2. The van der Waals surface area contributed by atoms with E-state index < -0.39 is 0 Å². The van der Waals surface area contributed by atoms with Gasteiger partial charge in [-0.15, -0.1) is 35.3 Å². The highest BCUT2D eigenvalue weighted by Crippen LogP contribution is 2.16. The average molecular weight is 494 g/mol. The van der Waals surface area contributed by atoms with E-state index in [2.05, 4.69) is 48.4 Å². The van der Waals surface area contributed by atoms with Crippen molar-refractivity contribution in [1.29, 1.82) is 0 Å². The highest BCUT2D eigenvalue weighted by atomic mass is 127. The Balaban J connectivity index is 0.00000338. The zero-order valence-electron chi connectivity index (χ0n) is 16.4. The average Bonchev–Trinajstić information content (AvgIpc) is 3.00. The Labute approximate surface area is 180 Å². The number of aryl methyl sites for hydroxylation is 1. The van der Waals surface area contributed by atoms with Gasteiger partial charge in [0.05, 0.1) is 13.2 Å². The van der Waals surface area contributed by atoms with Crippen LogP contribution >= 0.6 is 35.3 Å². The zero-order valence-corrected chi connectivity index (χ0v) is 19.6. The molecule has 2 rings (SSSR count). The van der Waals surface area contributed by atoms with Gasteiger partial charge >= 0.3 is 0 Å². The van der Waals surface area contributed by atoms with Crippen molar-refractivity contribution in [2.24, 2.45) is 4.99 Å². The largest absolute Gasteiger partial charge is 0.379 e. The maximum Gasteiger partial charge on any atom is 0.191 e. The summed E-state index contributed by atoms with van der Waals surface area (Å²) in [7, 11) is 0. The Bertz CT molecular complexity index is 517. The lowest BCUT2D eigenvalue weighted by Crippen LogP contribution is -2.43. The molecule has 0 aromatic carbocycles. The van der Waals surface area contributed by atoms with Crippen molar-refractivity contribution < 1.29 is 4.74 Å². The number of ether oxygens (including phenoxy) is 1. The van der Waals surface area contributed by atoms with Gasteiger partial charge in [-0.3, -0.25) is 9.89 Å². The first-order chi connectivity index (χ1) is 12.2. The van der Waals surface area contributed by atoms with Gasteiger partial charge in [0, 0.05) is 48.4 Å². The van der Waals surface area contributed by atoms with E-state index in [0.29, 0.717) is 6.04 Å². The summed E-state index contributed by atoms with van der Waals surface area (Å²) < 4.78 is 5.39. The van der Waals surface area contributed by atoms with E-state index in [-0.39, 0.29) is 24.0 Å². The molecule has 1 aliphatic heterocycles. The van der Waals surface area contributed by atoms with E-state index in [1.54, 1.807) is 0 Å². The molecule has 1 aromatic rings. The molecule has 1 saturated heterocycles. The molecule has 1 aliphatic rings. The molecular formula is C19H35IN4OS. The van der Waals surface area contributed by atoms with Gasteiger partial charge in [-0.1, -0.05) is 0 Å². The van der Waals surface area contributed by atoms with E-state index in [4.69, 9.17) is 9.73 Å². The number of halogens is 1. The molecule has 2 N–H and O–H groups in total. The minimum Gasteiger partial charge on any atom is -0.379 e. The molecule has 7 heteroatoms. The number of unbranched alkanes of at least 4 members (excludes halogenated alkanes) is 1. The third-order valence-corrected chi connectivity index (χ3v) is 5.31. The second-order valence-corrected chi connectivity index (χ2v) is 8.06. The Morgan fingerprint density at radius 3 is 2.73 bits per heavy atom. The summed E-state index contributed by atoms with van der Waals surface area (Å²) >= 11 is 1.88. The van der Waals surface area contributed by atoms with Crippen LogP contribution in [0.25, 0.3) is 0 Å². The highest BCUT2D eigenvalue weighted by molar-refractivity contribution is 14.0. The monoisotopic (exact) mass is 494 g/mol. The third-order valence-electron chi connectivity index (χ3n) is 4.29. The van der Waals surface area contributed by atoms with Crippen molar-refractivity contribution in [3.8, 4) is 0 Å². The van der Waals surface area contributed by atoms with Crippen LogP contribution in [0.1, 0.15) is 36.4 Å². The van der Waals surface area contributed by atoms with E-state index >= 15 is 0 Å². The van der Waals surface area contributed by atoms with Gasteiger partial charge in [0.2, 0.25) is 0 Å². The number of aliphatic imine (C=N–C) groups is 1. The molecule has 0 radical (unpaired) electrons. The van der Waals surface area contributed by atoms with Crippen LogP contribution in [0, 0.1) is 6.92 Å². The Kier molecular flexibility index (Phi) is 12.5. The molecule has 1 fully saturated rings. The molecule has 5 nitrogen and oxygen atoms in total. The van der Waals surface area contributed by atoms with Gasteiger partial charge in [-0.2, -0.15) is 0 Å². The van der Waals surface area contributed by atoms with Crippen molar-refractivity contribution in [1.82, 2.24) is 15.5 Å². The third kappa shape index (κ3) is 9.53. The summed E-state index contributed by atoms with van der Waals surface area (Å²) in [6, 6.07) is 4.80. The maximum atomic E-state index is 5.39. The van der Waals surface area contributed by atoms with Crippen LogP contribution in [0.15, 0.2) is 17.1 Å². The number of hydrogen-bond acceptors (Lipinski definition) is 4. The van der Waals surface area contributed by atoms with Gasteiger partial charge in [0.15, 0.2) is 5.96 Å². The van der Waals surface area contributed by atoms with Gasteiger partial charge in [-0.25, -0.2) is 0 Å². The lowest BCUT2D eigenvalue weighted by atomic mass is 10.2. The summed E-state index contributed by atoms with van der Waals surface area (Å²) in [5, 5.41) is 6.89. The summed E-state index contributed by atoms with van der Waals surface area (Å²) in [6.07, 6.45) is 3.37. The molecule has 2 heterocycles. The van der Waals surface area contributed by atoms with Crippen molar-refractivity contribution in [3.05, 3.63) is 21.9 Å². The molecule has 26 heavy (non-hydrogen) atoms. The Morgan fingerprint density at radius 2 is 2.08 bits per heavy atom. The summed E-state index contributed by atoms with van der Waals surface area (Å²) in [5.41, 5.74) is 0. The predicted octanol–water partition coefficient (Wildman–Crippen LogP) is 3.27. The van der Waals surface area contributed by atoms with Crippen molar-refractivity contribution in [2.75, 3.05) is 45.9 Å². The van der Waals surface area contributed by atoms with Crippen LogP contribution in [0.5, 0.6) is 0 Å². The van der Waals surface area contributed by atoms with Crippen LogP contribution in [0.3, 0.4) is 0 Å². The molecule has 0 aliphatic carbocycles. The summed E-state index contributed by atoms with van der Waals surface area (Å²) in [6.45, 7) is 13.4. The smallest absolute Gasteiger partial charge is 0.191 e. The van der Waals surface area contributed by atoms with E-state index in [1.807, 2.05) is 11.3 Å². The molecule has 1 unspecified atom stereocenters. The first kappa shape index (κ1) is 23.7. The number of hydrogen-bond donors (Lipinski definition) is 2. The molecule has 0 spiro atoms. The molecule has 0 bridgehead atoms. The summed E-state index contributed by atoms with van der Waals surface area (Å²) in [4.78, 5) is 10.0. The fourth-order valence-corrected chi connectivity index (χ4v) is 3.98. The lowest BCUT2D eigenvalue weighted by Gasteiger charge is -2.26. The fourth-order valence-electron chi connectivity index (χ4n) is 2.96. The number of rotatable bonds is 9. The minimum absolute atomic E-state index is 0. The maximum absolute atomic E-state index is 5.39. The minimum atomic E-state index is 0. The van der Waals surface area contributed by atoms with Gasteiger partial charge in [0.25, 0.3) is 0 Å². The second kappa shape index (κ2) is 13.7. The first-order valence-corrected chi connectivity index (χ1v) is 10.4. The number of thiophene rings is 1.